The van der Waals surface area contributed by atoms with Gasteiger partial charge in [0.1, 0.15) is 18.5 Å². The molecule has 0 atom stereocenters. The van der Waals surface area contributed by atoms with Gasteiger partial charge in [-0.15, -0.1) is 0 Å². The fourth-order valence-corrected chi connectivity index (χ4v) is 2.39. The van der Waals surface area contributed by atoms with Crippen LogP contribution in [-0.4, -0.2) is 33.3 Å². The minimum Gasteiger partial charge on any atom is -0.399 e. The summed E-state index contributed by atoms with van der Waals surface area (Å²) in [7, 11) is -0.913. The number of hydrogen-bond acceptors (Lipinski definition) is 6. The minimum atomic E-state index is -0.913. The molecule has 0 amide bonds. The van der Waals surface area contributed by atoms with Crippen LogP contribution in [-0.2, 0) is 9.31 Å². The Hall–Kier alpha value is -2.37. The maximum atomic E-state index is 15.1. The summed E-state index contributed by atoms with van der Waals surface area (Å²) < 4.78 is 26.9. The monoisotopic (exact) mass is 326 g/mol. The number of halogens is 1. The standard InChI is InChI=1S/C16H16BFN4O2/c1-15(2)16(3,4)24-17(23-15)12-6-10(7-19)5-11(13(12)18)14-21-8-20-9-22-14/h5-6,8-9H,1-4H3. The lowest BCUT2D eigenvalue weighted by Crippen LogP contribution is -2.41. The van der Waals surface area contributed by atoms with Gasteiger partial charge in [0.15, 0.2) is 5.82 Å². The van der Waals surface area contributed by atoms with Crippen LogP contribution in [0, 0.1) is 17.1 Å². The number of aromatic nitrogens is 3. The topological polar surface area (TPSA) is 80.9 Å². The summed E-state index contributed by atoms with van der Waals surface area (Å²) in [5, 5.41) is 9.27. The van der Waals surface area contributed by atoms with E-state index in [9.17, 15) is 5.26 Å². The van der Waals surface area contributed by atoms with Crippen LogP contribution in [0.2, 0.25) is 0 Å². The zero-order valence-electron chi connectivity index (χ0n) is 13.9. The molecule has 1 aliphatic heterocycles. The fraction of sp³-hybridized carbons (Fsp3) is 0.375. The Balaban J connectivity index is 2.12. The summed E-state index contributed by atoms with van der Waals surface area (Å²) in [5.41, 5.74) is -0.680. The highest BCUT2D eigenvalue weighted by molar-refractivity contribution is 6.62. The molecule has 3 rings (SSSR count). The third kappa shape index (κ3) is 2.66. The van der Waals surface area contributed by atoms with Gasteiger partial charge in [-0.2, -0.15) is 5.26 Å². The third-order valence-electron chi connectivity index (χ3n) is 4.47. The van der Waals surface area contributed by atoms with Crippen molar-refractivity contribution in [1.29, 1.82) is 5.26 Å². The molecule has 1 saturated heterocycles. The Morgan fingerprint density at radius 2 is 1.67 bits per heavy atom. The molecule has 2 heterocycles. The van der Waals surface area contributed by atoms with E-state index in [2.05, 4.69) is 15.0 Å². The first kappa shape index (κ1) is 16.5. The molecule has 0 spiro atoms. The molecular weight excluding hydrogens is 310 g/mol. The van der Waals surface area contributed by atoms with Crippen molar-refractivity contribution in [2.75, 3.05) is 0 Å². The highest BCUT2D eigenvalue weighted by Crippen LogP contribution is 2.37. The van der Waals surface area contributed by atoms with E-state index in [0.29, 0.717) is 0 Å². The normalized spacial score (nSPS) is 18.4. The van der Waals surface area contributed by atoms with Gasteiger partial charge >= 0.3 is 7.12 Å². The predicted octanol–water partition coefficient (Wildman–Crippen LogP) is 1.85. The van der Waals surface area contributed by atoms with E-state index >= 15 is 4.39 Å². The number of nitriles is 1. The van der Waals surface area contributed by atoms with Crippen molar-refractivity contribution >= 4 is 12.6 Å². The molecule has 8 heteroatoms. The summed E-state index contributed by atoms with van der Waals surface area (Å²) in [4.78, 5) is 11.6. The molecule has 6 nitrogen and oxygen atoms in total. The van der Waals surface area contributed by atoms with Gasteiger partial charge in [0.2, 0.25) is 0 Å². The Morgan fingerprint density at radius 1 is 1.08 bits per heavy atom. The van der Waals surface area contributed by atoms with Gasteiger partial charge in [0, 0.05) is 5.46 Å². The van der Waals surface area contributed by atoms with Crippen molar-refractivity contribution in [2.45, 2.75) is 38.9 Å². The molecule has 24 heavy (non-hydrogen) atoms. The van der Waals surface area contributed by atoms with Crippen molar-refractivity contribution in [3.63, 3.8) is 0 Å². The molecular formula is C16H16BFN4O2. The second-order valence-electron chi connectivity index (χ2n) is 6.59. The largest absolute Gasteiger partial charge is 0.497 e. The second-order valence-corrected chi connectivity index (χ2v) is 6.59. The quantitative estimate of drug-likeness (QED) is 0.784. The van der Waals surface area contributed by atoms with Gasteiger partial charge in [0.25, 0.3) is 0 Å². The van der Waals surface area contributed by atoms with Crippen LogP contribution in [0.4, 0.5) is 4.39 Å². The molecule has 2 aromatic rings. The number of hydrogen-bond donors (Lipinski definition) is 0. The van der Waals surface area contributed by atoms with E-state index in [0.717, 1.165) is 0 Å². The molecule has 0 aliphatic carbocycles. The summed E-state index contributed by atoms with van der Waals surface area (Å²) in [6.07, 6.45) is 2.55. The van der Waals surface area contributed by atoms with Crippen LogP contribution in [0.1, 0.15) is 33.3 Å². The van der Waals surface area contributed by atoms with E-state index in [1.54, 1.807) is 0 Å². The first-order chi connectivity index (χ1) is 11.2. The van der Waals surface area contributed by atoms with Crippen LogP contribution in [0.25, 0.3) is 11.4 Å². The van der Waals surface area contributed by atoms with Crippen LogP contribution in [0.3, 0.4) is 0 Å². The van der Waals surface area contributed by atoms with Crippen LogP contribution < -0.4 is 5.46 Å². The zero-order chi connectivity index (χ0) is 17.5. The molecule has 0 unspecified atom stereocenters. The molecule has 1 aromatic heterocycles. The summed E-state index contributed by atoms with van der Waals surface area (Å²) in [6.45, 7) is 7.52. The number of nitrogens with zero attached hydrogens (tertiary/aromatic N) is 4. The van der Waals surface area contributed by atoms with Crippen molar-refractivity contribution in [3.8, 4) is 17.5 Å². The van der Waals surface area contributed by atoms with Crippen LogP contribution in [0.15, 0.2) is 24.8 Å². The van der Waals surface area contributed by atoms with E-state index in [1.165, 1.54) is 24.8 Å². The first-order valence-corrected chi connectivity index (χ1v) is 7.47. The highest BCUT2D eigenvalue weighted by Gasteiger charge is 2.52. The molecule has 1 fully saturated rings. The average Bonchev–Trinajstić information content (AvgIpc) is 2.76. The summed E-state index contributed by atoms with van der Waals surface area (Å²) >= 11 is 0. The van der Waals surface area contributed by atoms with Gasteiger partial charge < -0.3 is 9.31 Å². The smallest absolute Gasteiger partial charge is 0.399 e. The molecule has 122 valence electrons. The molecule has 0 radical (unpaired) electrons. The number of benzene rings is 1. The first-order valence-electron chi connectivity index (χ1n) is 7.47. The average molecular weight is 326 g/mol. The number of rotatable bonds is 2. The fourth-order valence-electron chi connectivity index (χ4n) is 2.39. The lowest BCUT2D eigenvalue weighted by atomic mass is 9.77. The molecule has 0 bridgehead atoms. The summed E-state index contributed by atoms with van der Waals surface area (Å²) in [5.74, 6) is -0.420. The Morgan fingerprint density at radius 3 is 2.21 bits per heavy atom. The van der Waals surface area contributed by atoms with Crippen LogP contribution >= 0.6 is 0 Å². The highest BCUT2D eigenvalue weighted by atomic mass is 19.1. The van der Waals surface area contributed by atoms with Crippen molar-refractivity contribution < 1.29 is 13.7 Å². The lowest BCUT2D eigenvalue weighted by molar-refractivity contribution is 0.00578. The van der Waals surface area contributed by atoms with Gasteiger partial charge in [-0.1, -0.05) is 0 Å². The molecule has 0 N–H and O–H groups in total. The Labute approximate surface area is 139 Å². The summed E-state index contributed by atoms with van der Waals surface area (Å²) in [6, 6.07) is 4.86. The van der Waals surface area contributed by atoms with E-state index in [4.69, 9.17) is 9.31 Å². The molecule has 0 saturated carbocycles. The SMILES string of the molecule is CC1(C)OB(c2cc(C#N)cc(-c3ncncn3)c2F)OC1(C)C. The van der Waals surface area contributed by atoms with Gasteiger partial charge in [-0.3, -0.25) is 0 Å². The zero-order valence-corrected chi connectivity index (χ0v) is 13.9. The van der Waals surface area contributed by atoms with E-state index in [-0.39, 0.29) is 22.4 Å². The Bertz CT molecular complexity index is 805. The molecule has 1 aromatic carbocycles. The predicted molar refractivity (Wildman–Crippen MR) is 85.7 cm³/mol. The van der Waals surface area contributed by atoms with E-state index < -0.39 is 24.1 Å². The van der Waals surface area contributed by atoms with Crippen molar-refractivity contribution in [1.82, 2.24) is 15.0 Å². The molecule has 1 aliphatic rings. The second kappa shape index (κ2) is 5.62. The van der Waals surface area contributed by atoms with Crippen molar-refractivity contribution in [2.24, 2.45) is 0 Å². The van der Waals surface area contributed by atoms with E-state index in [1.807, 2.05) is 33.8 Å². The van der Waals surface area contributed by atoms with Crippen LogP contribution in [0.5, 0.6) is 0 Å². The van der Waals surface area contributed by atoms with Gasteiger partial charge in [-0.05, 0) is 39.8 Å². The van der Waals surface area contributed by atoms with Gasteiger partial charge in [0.05, 0.1) is 28.4 Å². The lowest BCUT2D eigenvalue weighted by Gasteiger charge is -2.32. The Kier molecular flexibility index (Phi) is 3.86. The maximum absolute atomic E-state index is 15.1. The maximum Gasteiger partial charge on any atom is 0.497 e. The third-order valence-corrected chi connectivity index (χ3v) is 4.47. The van der Waals surface area contributed by atoms with Gasteiger partial charge in [-0.25, -0.2) is 19.3 Å². The van der Waals surface area contributed by atoms with Crippen molar-refractivity contribution in [3.05, 3.63) is 36.2 Å². The minimum absolute atomic E-state index is 0.112.